The van der Waals surface area contributed by atoms with E-state index in [1.165, 1.54) is 22.2 Å². The highest BCUT2D eigenvalue weighted by molar-refractivity contribution is 7.99. The predicted octanol–water partition coefficient (Wildman–Crippen LogP) is 1.77. The molecule has 1 unspecified atom stereocenters. The number of benzene rings is 1. The normalized spacial score (nSPS) is 18.6. The van der Waals surface area contributed by atoms with Gasteiger partial charge in [0.2, 0.25) is 5.91 Å². The van der Waals surface area contributed by atoms with E-state index in [0.29, 0.717) is 6.54 Å². The third-order valence-electron chi connectivity index (χ3n) is 4.00. The van der Waals surface area contributed by atoms with Gasteiger partial charge in [0.05, 0.1) is 6.04 Å². The van der Waals surface area contributed by atoms with E-state index >= 15 is 0 Å². The largest absolute Gasteiger partial charge is 0.351 e. The smallest absolute Gasteiger partial charge is 0.238 e. The number of aromatic nitrogens is 1. The van der Waals surface area contributed by atoms with Crippen molar-refractivity contribution < 1.29 is 4.79 Å². The molecule has 0 spiro atoms. The average Bonchev–Trinajstić information content (AvgIpc) is 3.07. The van der Waals surface area contributed by atoms with E-state index in [4.69, 9.17) is 0 Å². The zero-order chi connectivity index (χ0) is 14.1. The molecule has 1 aromatic heterocycles. The lowest BCUT2D eigenvalue weighted by atomic mass is 10.1. The Morgan fingerprint density at radius 3 is 3.05 bits per heavy atom. The standard InChI is InChI=1S/C15H19N3OS/c1-10-12(7-16-15(19)13-8-20-9-17-13)11-5-3-4-6-14(11)18(10)2/h3-6,13,17H,7-9H2,1-2H3,(H,16,19). The molecule has 1 fully saturated rings. The number of carbonyl (C=O) groups excluding carboxylic acids is 1. The van der Waals surface area contributed by atoms with E-state index in [-0.39, 0.29) is 11.9 Å². The first-order chi connectivity index (χ1) is 9.68. The lowest BCUT2D eigenvalue weighted by molar-refractivity contribution is -0.122. The lowest BCUT2D eigenvalue weighted by Gasteiger charge is -2.10. The van der Waals surface area contributed by atoms with Crippen LogP contribution in [0.5, 0.6) is 0 Å². The zero-order valence-corrected chi connectivity index (χ0v) is 12.6. The minimum absolute atomic E-state index is 0.0460. The highest BCUT2D eigenvalue weighted by Gasteiger charge is 2.22. The molecule has 4 nitrogen and oxygen atoms in total. The van der Waals surface area contributed by atoms with Gasteiger partial charge in [-0.2, -0.15) is 0 Å². The Morgan fingerprint density at radius 2 is 2.30 bits per heavy atom. The predicted molar refractivity (Wildman–Crippen MR) is 83.8 cm³/mol. The molecule has 2 heterocycles. The van der Waals surface area contributed by atoms with Gasteiger partial charge in [0.1, 0.15) is 0 Å². The Balaban J connectivity index is 1.80. The molecule has 106 valence electrons. The molecule has 2 aromatic rings. The topological polar surface area (TPSA) is 46.1 Å². The van der Waals surface area contributed by atoms with Gasteiger partial charge >= 0.3 is 0 Å². The molecular weight excluding hydrogens is 270 g/mol. The van der Waals surface area contributed by atoms with Crippen LogP contribution in [0.2, 0.25) is 0 Å². The first-order valence-corrected chi connectivity index (χ1v) is 7.95. The second kappa shape index (κ2) is 5.50. The number of para-hydroxylation sites is 1. The van der Waals surface area contributed by atoms with Crippen LogP contribution in [0, 0.1) is 6.92 Å². The van der Waals surface area contributed by atoms with Crippen molar-refractivity contribution in [2.75, 3.05) is 11.6 Å². The molecule has 20 heavy (non-hydrogen) atoms. The number of aryl methyl sites for hydroxylation is 1. The number of nitrogens with zero attached hydrogens (tertiary/aromatic N) is 1. The number of thioether (sulfide) groups is 1. The van der Waals surface area contributed by atoms with Gasteiger partial charge in [0, 0.05) is 41.8 Å². The number of rotatable bonds is 3. The minimum atomic E-state index is -0.0460. The van der Waals surface area contributed by atoms with Gasteiger partial charge < -0.3 is 9.88 Å². The zero-order valence-electron chi connectivity index (χ0n) is 11.8. The Morgan fingerprint density at radius 1 is 1.50 bits per heavy atom. The minimum Gasteiger partial charge on any atom is -0.351 e. The summed E-state index contributed by atoms with van der Waals surface area (Å²) in [5.41, 5.74) is 3.63. The summed E-state index contributed by atoms with van der Waals surface area (Å²) in [6.45, 7) is 2.69. The van der Waals surface area contributed by atoms with Crippen molar-refractivity contribution in [1.29, 1.82) is 0 Å². The number of nitrogens with one attached hydrogen (secondary N) is 2. The van der Waals surface area contributed by atoms with Crippen molar-refractivity contribution in [3.8, 4) is 0 Å². The molecule has 1 aliphatic heterocycles. The molecule has 1 saturated heterocycles. The maximum Gasteiger partial charge on any atom is 0.238 e. The average molecular weight is 289 g/mol. The van der Waals surface area contributed by atoms with E-state index < -0.39 is 0 Å². The molecule has 1 amide bonds. The van der Waals surface area contributed by atoms with Gasteiger partial charge in [-0.15, -0.1) is 11.8 Å². The quantitative estimate of drug-likeness (QED) is 0.905. The van der Waals surface area contributed by atoms with Crippen LogP contribution in [-0.2, 0) is 18.4 Å². The van der Waals surface area contributed by atoms with Crippen LogP contribution in [0.1, 0.15) is 11.3 Å². The van der Waals surface area contributed by atoms with Gasteiger partial charge in [0.15, 0.2) is 0 Å². The van der Waals surface area contributed by atoms with Crippen molar-refractivity contribution in [1.82, 2.24) is 15.2 Å². The fraction of sp³-hybridized carbons (Fsp3) is 0.400. The highest BCUT2D eigenvalue weighted by Crippen LogP contribution is 2.24. The van der Waals surface area contributed by atoms with Gasteiger partial charge in [-0.3, -0.25) is 10.1 Å². The summed E-state index contributed by atoms with van der Waals surface area (Å²) in [4.78, 5) is 12.1. The van der Waals surface area contributed by atoms with Gasteiger partial charge in [-0.1, -0.05) is 18.2 Å². The lowest BCUT2D eigenvalue weighted by Crippen LogP contribution is -2.41. The van der Waals surface area contributed by atoms with Crippen LogP contribution in [0.25, 0.3) is 10.9 Å². The fourth-order valence-electron chi connectivity index (χ4n) is 2.68. The first-order valence-electron chi connectivity index (χ1n) is 6.80. The summed E-state index contributed by atoms with van der Waals surface area (Å²) in [6.07, 6.45) is 0. The molecule has 3 rings (SSSR count). The summed E-state index contributed by atoms with van der Waals surface area (Å²) in [7, 11) is 2.07. The van der Waals surface area contributed by atoms with E-state index in [1.807, 2.05) is 12.1 Å². The third-order valence-corrected chi connectivity index (χ3v) is 4.94. The molecule has 1 aliphatic rings. The third kappa shape index (κ3) is 2.31. The number of fused-ring (bicyclic) bond motifs is 1. The monoisotopic (exact) mass is 289 g/mol. The molecule has 1 atom stereocenters. The van der Waals surface area contributed by atoms with Crippen LogP contribution in [0.15, 0.2) is 24.3 Å². The van der Waals surface area contributed by atoms with Crippen LogP contribution in [0.3, 0.4) is 0 Å². The van der Waals surface area contributed by atoms with Crippen molar-refractivity contribution >= 4 is 28.6 Å². The summed E-state index contributed by atoms with van der Waals surface area (Å²) < 4.78 is 2.18. The Labute approximate surface area is 122 Å². The van der Waals surface area contributed by atoms with Crippen molar-refractivity contribution in [3.05, 3.63) is 35.5 Å². The summed E-state index contributed by atoms with van der Waals surface area (Å²) in [5, 5.41) is 7.48. The van der Waals surface area contributed by atoms with Crippen molar-refractivity contribution in [2.24, 2.45) is 7.05 Å². The maximum atomic E-state index is 12.1. The number of amides is 1. The van der Waals surface area contributed by atoms with E-state index in [2.05, 4.69) is 41.3 Å². The molecule has 5 heteroatoms. The van der Waals surface area contributed by atoms with Gasteiger partial charge in [-0.25, -0.2) is 0 Å². The van der Waals surface area contributed by atoms with Crippen LogP contribution in [-0.4, -0.2) is 28.1 Å². The van der Waals surface area contributed by atoms with Crippen LogP contribution in [0.4, 0.5) is 0 Å². The fourth-order valence-corrected chi connectivity index (χ4v) is 3.63. The SMILES string of the molecule is Cc1c(CNC(=O)C2CSCN2)c2ccccc2n1C. The Kier molecular flexibility index (Phi) is 3.72. The maximum absolute atomic E-state index is 12.1. The summed E-state index contributed by atoms with van der Waals surface area (Å²) >= 11 is 1.77. The van der Waals surface area contributed by atoms with Crippen LogP contribution < -0.4 is 10.6 Å². The second-order valence-electron chi connectivity index (χ2n) is 5.13. The number of carbonyl (C=O) groups is 1. The van der Waals surface area contributed by atoms with Crippen molar-refractivity contribution in [3.63, 3.8) is 0 Å². The van der Waals surface area contributed by atoms with Crippen molar-refractivity contribution in [2.45, 2.75) is 19.5 Å². The number of hydrogen-bond donors (Lipinski definition) is 2. The summed E-state index contributed by atoms with van der Waals surface area (Å²) in [6, 6.07) is 8.28. The molecule has 1 aromatic carbocycles. The van der Waals surface area contributed by atoms with Crippen LogP contribution >= 0.6 is 11.8 Å². The van der Waals surface area contributed by atoms with Gasteiger partial charge in [-0.05, 0) is 18.6 Å². The van der Waals surface area contributed by atoms with E-state index in [0.717, 1.165) is 11.6 Å². The number of hydrogen-bond acceptors (Lipinski definition) is 3. The van der Waals surface area contributed by atoms with E-state index in [9.17, 15) is 4.79 Å². The molecule has 2 N–H and O–H groups in total. The molecular formula is C15H19N3OS. The molecule has 0 radical (unpaired) electrons. The van der Waals surface area contributed by atoms with E-state index in [1.54, 1.807) is 11.8 Å². The van der Waals surface area contributed by atoms with Gasteiger partial charge in [0.25, 0.3) is 0 Å². The Hall–Kier alpha value is -1.46. The second-order valence-corrected chi connectivity index (χ2v) is 6.16. The first kappa shape index (κ1) is 13.5. The highest BCUT2D eigenvalue weighted by atomic mass is 32.2. The Bertz CT molecular complexity index is 644. The summed E-state index contributed by atoms with van der Waals surface area (Å²) in [5.74, 6) is 1.83. The molecule has 0 bridgehead atoms. The molecule has 0 saturated carbocycles. The molecule has 0 aliphatic carbocycles.